The van der Waals surface area contributed by atoms with E-state index in [1.54, 1.807) is 0 Å². The minimum atomic E-state index is -1.12. The van der Waals surface area contributed by atoms with Gasteiger partial charge in [-0.1, -0.05) is 0 Å². The maximum Gasteiger partial charge on any atom is 0.317 e. The summed E-state index contributed by atoms with van der Waals surface area (Å²) in [5.74, 6) is 0. The van der Waals surface area contributed by atoms with Gasteiger partial charge in [-0.05, 0) is 0 Å². The second-order valence-corrected chi connectivity index (χ2v) is 1.75. The number of halogens is 1. The van der Waals surface area contributed by atoms with Crippen LogP contribution in [0.2, 0.25) is 0 Å². The highest BCUT2D eigenvalue weighted by Crippen LogP contribution is 2.16. The van der Waals surface area contributed by atoms with Crippen LogP contribution < -0.4 is 5.73 Å². The van der Waals surface area contributed by atoms with Crippen molar-refractivity contribution in [3.05, 3.63) is 0 Å². The van der Waals surface area contributed by atoms with E-state index < -0.39 is 12.3 Å². The van der Waals surface area contributed by atoms with E-state index in [4.69, 9.17) is 5.73 Å². The number of rotatable bonds is 0. The van der Waals surface area contributed by atoms with Crippen LogP contribution in [0.5, 0.6) is 0 Å². The van der Waals surface area contributed by atoms with Crippen LogP contribution in [-0.2, 0) is 0 Å². The van der Waals surface area contributed by atoms with Gasteiger partial charge in [0, 0.05) is 13.0 Å². The topological polar surface area (TPSA) is 46.3 Å². The zero-order valence-corrected chi connectivity index (χ0v) is 4.30. The Morgan fingerprint density at radius 1 is 1.88 bits per heavy atom. The molecule has 2 N–H and O–H groups in total. The largest absolute Gasteiger partial charge is 0.351 e. The van der Waals surface area contributed by atoms with Crippen LogP contribution in [0.25, 0.3) is 0 Å². The average Bonchev–Trinajstić information content (AvgIpc) is 1.61. The van der Waals surface area contributed by atoms with Gasteiger partial charge in [-0.2, -0.15) is 0 Å². The van der Waals surface area contributed by atoms with Crippen LogP contribution in [-0.4, -0.2) is 23.8 Å². The Hall–Kier alpha value is -0.800. The van der Waals surface area contributed by atoms with E-state index in [2.05, 4.69) is 0 Å². The van der Waals surface area contributed by atoms with Crippen LogP contribution in [0.4, 0.5) is 9.18 Å². The molecule has 4 heteroatoms. The van der Waals surface area contributed by atoms with Crippen molar-refractivity contribution < 1.29 is 9.18 Å². The van der Waals surface area contributed by atoms with Crippen molar-refractivity contribution in [2.75, 3.05) is 6.54 Å². The summed E-state index contributed by atoms with van der Waals surface area (Å²) in [5, 5.41) is 0. The molecule has 2 amide bonds. The maximum atomic E-state index is 12.1. The molecule has 1 aliphatic rings. The zero-order chi connectivity index (χ0) is 6.15. The lowest BCUT2D eigenvalue weighted by Crippen LogP contribution is -2.51. The lowest BCUT2D eigenvalue weighted by molar-refractivity contribution is 0.0306. The van der Waals surface area contributed by atoms with Gasteiger partial charge in [-0.3, -0.25) is 4.90 Å². The molecule has 0 aromatic carbocycles. The van der Waals surface area contributed by atoms with Gasteiger partial charge in [0.1, 0.15) is 0 Å². The maximum absolute atomic E-state index is 12.1. The average molecular weight is 118 g/mol. The summed E-state index contributed by atoms with van der Waals surface area (Å²) in [7, 11) is 0. The summed E-state index contributed by atoms with van der Waals surface area (Å²) in [6, 6.07) is -0.663. The molecular weight excluding hydrogens is 111 g/mol. The van der Waals surface area contributed by atoms with Gasteiger partial charge < -0.3 is 5.73 Å². The first-order valence-corrected chi connectivity index (χ1v) is 2.42. The Labute approximate surface area is 46.3 Å². The summed E-state index contributed by atoms with van der Waals surface area (Å²) in [5.41, 5.74) is 4.74. The number of carbonyl (C=O) groups excluding carboxylic acids is 1. The number of amides is 2. The highest BCUT2D eigenvalue weighted by atomic mass is 19.1. The molecule has 1 fully saturated rings. The summed E-state index contributed by atoms with van der Waals surface area (Å²) in [6.45, 7) is 0.469. The van der Waals surface area contributed by atoms with E-state index in [0.29, 0.717) is 13.0 Å². The van der Waals surface area contributed by atoms with Crippen molar-refractivity contribution in [1.29, 1.82) is 0 Å². The number of alkyl halides is 1. The molecule has 3 nitrogen and oxygen atoms in total. The third-order valence-electron chi connectivity index (χ3n) is 1.23. The second kappa shape index (κ2) is 1.61. The van der Waals surface area contributed by atoms with Crippen LogP contribution in [0.15, 0.2) is 0 Å². The number of primary amides is 1. The molecule has 1 rings (SSSR count). The first-order valence-electron chi connectivity index (χ1n) is 2.42. The summed E-state index contributed by atoms with van der Waals surface area (Å²) >= 11 is 0. The molecule has 0 aromatic heterocycles. The van der Waals surface area contributed by atoms with Crippen LogP contribution in [0.1, 0.15) is 6.42 Å². The molecule has 1 aliphatic heterocycles. The van der Waals surface area contributed by atoms with E-state index in [1.165, 1.54) is 0 Å². The van der Waals surface area contributed by atoms with E-state index >= 15 is 0 Å². The fourth-order valence-corrected chi connectivity index (χ4v) is 0.604. The minimum Gasteiger partial charge on any atom is -0.351 e. The van der Waals surface area contributed by atoms with E-state index in [9.17, 15) is 9.18 Å². The first-order chi connectivity index (χ1) is 3.72. The molecule has 0 radical (unpaired) electrons. The van der Waals surface area contributed by atoms with Crippen molar-refractivity contribution in [2.45, 2.75) is 12.7 Å². The lowest BCUT2D eigenvalue weighted by atomic mass is 10.2. The predicted molar refractivity (Wildman–Crippen MR) is 25.8 cm³/mol. The molecular formula is C4H7FN2O. The molecule has 8 heavy (non-hydrogen) atoms. The quantitative estimate of drug-likeness (QED) is 0.449. The number of urea groups is 1. The molecule has 1 saturated heterocycles. The number of carbonyl (C=O) groups is 1. The molecule has 0 aliphatic carbocycles. The molecule has 1 heterocycles. The third-order valence-corrected chi connectivity index (χ3v) is 1.23. The van der Waals surface area contributed by atoms with Gasteiger partial charge in [-0.15, -0.1) is 0 Å². The van der Waals surface area contributed by atoms with Crippen molar-refractivity contribution in [3.8, 4) is 0 Å². The van der Waals surface area contributed by atoms with Crippen LogP contribution in [0, 0.1) is 0 Å². The van der Waals surface area contributed by atoms with Gasteiger partial charge in [0.25, 0.3) is 0 Å². The summed E-state index contributed by atoms with van der Waals surface area (Å²) in [4.78, 5) is 11.1. The normalized spacial score (nSPS) is 27.1. The predicted octanol–water partition coefficient (Wildman–Crippen LogP) is 0.0664. The number of nitrogens with zero attached hydrogens (tertiary/aromatic N) is 1. The Balaban J connectivity index is 2.37. The molecule has 1 unspecified atom stereocenters. The third kappa shape index (κ3) is 0.616. The summed E-state index contributed by atoms with van der Waals surface area (Å²) in [6.07, 6.45) is -0.685. The molecule has 0 aromatic rings. The van der Waals surface area contributed by atoms with Gasteiger partial charge in [0.2, 0.25) is 0 Å². The number of likely N-dealkylation sites (tertiary alicyclic amines) is 1. The highest BCUT2D eigenvalue weighted by Gasteiger charge is 2.29. The van der Waals surface area contributed by atoms with Crippen molar-refractivity contribution >= 4 is 6.03 Å². The monoisotopic (exact) mass is 118 g/mol. The molecule has 0 saturated carbocycles. The van der Waals surface area contributed by atoms with E-state index in [0.717, 1.165) is 4.90 Å². The first kappa shape index (κ1) is 5.34. The van der Waals surface area contributed by atoms with Crippen molar-refractivity contribution in [3.63, 3.8) is 0 Å². The number of nitrogens with two attached hydrogens (primary N) is 1. The van der Waals surface area contributed by atoms with Gasteiger partial charge in [-0.25, -0.2) is 9.18 Å². The molecule has 0 bridgehead atoms. The van der Waals surface area contributed by atoms with Gasteiger partial charge >= 0.3 is 6.03 Å². The van der Waals surface area contributed by atoms with Crippen LogP contribution in [0.3, 0.4) is 0 Å². The zero-order valence-electron chi connectivity index (χ0n) is 4.30. The highest BCUT2D eigenvalue weighted by molar-refractivity contribution is 5.72. The van der Waals surface area contributed by atoms with Crippen LogP contribution >= 0.6 is 0 Å². The number of hydrogen-bond donors (Lipinski definition) is 1. The Kier molecular flexibility index (Phi) is 1.08. The lowest BCUT2D eigenvalue weighted by Gasteiger charge is -2.33. The van der Waals surface area contributed by atoms with Gasteiger partial charge in [0.15, 0.2) is 6.30 Å². The van der Waals surface area contributed by atoms with Gasteiger partial charge in [0.05, 0.1) is 0 Å². The second-order valence-electron chi connectivity index (χ2n) is 1.75. The van der Waals surface area contributed by atoms with E-state index in [1.807, 2.05) is 0 Å². The standard InChI is InChI=1S/C4H7FN2O/c5-3-1-2-7(3)4(6)8/h3H,1-2H2,(H2,6,8). The fraction of sp³-hybridized carbons (Fsp3) is 0.750. The van der Waals surface area contributed by atoms with Crippen molar-refractivity contribution in [2.24, 2.45) is 5.73 Å². The Morgan fingerprint density at radius 2 is 2.50 bits per heavy atom. The molecule has 0 spiro atoms. The van der Waals surface area contributed by atoms with E-state index in [-0.39, 0.29) is 0 Å². The molecule has 46 valence electrons. The fourth-order valence-electron chi connectivity index (χ4n) is 0.604. The Morgan fingerprint density at radius 3 is 2.50 bits per heavy atom. The Bertz CT molecular complexity index is 117. The summed E-state index contributed by atoms with van der Waals surface area (Å²) < 4.78 is 12.1. The SMILES string of the molecule is NC(=O)N1CCC1F. The molecule has 1 atom stereocenters. The number of hydrogen-bond acceptors (Lipinski definition) is 1. The minimum absolute atomic E-state index is 0.433. The van der Waals surface area contributed by atoms with Crippen molar-refractivity contribution in [1.82, 2.24) is 4.90 Å². The smallest absolute Gasteiger partial charge is 0.317 e.